The van der Waals surface area contributed by atoms with Gasteiger partial charge in [0.05, 0.1) is 18.4 Å². The summed E-state index contributed by atoms with van der Waals surface area (Å²) in [5, 5.41) is 14.5. The van der Waals surface area contributed by atoms with Gasteiger partial charge < -0.3 is 14.6 Å². The van der Waals surface area contributed by atoms with E-state index in [4.69, 9.17) is 4.74 Å². The van der Waals surface area contributed by atoms with Crippen molar-refractivity contribution in [3.63, 3.8) is 0 Å². The number of thiophene rings is 1. The quantitative estimate of drug-likeness (QED) is 0.552. The Kier molecular flexibility index (Phi) is 6.89. The molecule has 1 fully saturated rings. The summed E-state index contributed by atoms with van der Waals surface area (Å²) < 4.78 is 6.85. The first-order chi connectivity index (χ1) is 13.1. The number of carbonyl (C=O) groups is 2. The van der Waals surface area contributed by atoms with Gasteiger partial charge in [0, 0.05) is 12.5 Å². The highest BCUT2D eigenvalue weighted by Gasteiger charge is 2.23. The van der Waals surface area contributed by atoms with Gasteiger partial charge in [0.25, 0.3) is 0 Å². The molecule has 1 aliphatic carbocycles. The van der Waals surface area contributed by atoms with Gasteiger partial charge in [0.1, 0.15) is 10.8 Å². The van der Waals surface area contributed by atoms with E-state index in [0.29, 0.717) is 16.5 Å². The van der Waals surface area contributed by atoms with Crippen LogP contribution in [0.2, 0.25) is 0 Å². The second kappa shape index (κ2) is 9.36. The molecule has 1 saturated carbocycles. The first kappa shape index (κ1) is 19.9. The molecule has 2 aromatic rings. The lowest BCUT2D eigenvalue weighted by Gasteiger charge is -2.21. The molecule has 0 atom stereocenters. The molecule has 1 amide bonds. The maximum Gasteiger partial charge on any atom is 0.340 e. The number of anilines is 1. The number of carbonyl (C=O) groups excluding carboxylic acids is 2. The van der Waals surface area contributed by atoms with Gasteiger partial charge in [-0.3, -0.25) is 4.79 Å². The van der Waals surface area contributed by atoms with Gasteiger partial charge >= 0.3 is 5.97 Å². The lowest BCUT2D eigenvalue weighted by molar-refractivity contribution is -0.113. The fourth-order valence-electron chi connectivity index (χ4n) is 3.34. The van der Waals surface area contributed by atoms with Crippen LogP contribution in [0.3, 0.4) is 0 Å². The molecule has 0 radical (unpaired) electrons. The number of aromatic nitrogens is 3. The van der Waals surface area contributed by atoms with Crippen molar-refractivity contribution in [2.75, 3.05) is 18.2 Å². The van der Waals surface area contributed by atoms with Crippen molar-refractivity contribution in [3.8, 4) is 0 Å². The highest BCUT2D eigenvalue weighted by molar-refractivity contribution is 7.99. The first-order valence-corrected chi connectivity index (χ1v) is 11.0. The molecule has 3 rings (SSSR count). The van der Waals surface area contributed by atoms with E-state index in [2.05, 4.69) is 27.0 Å². The topological polar surface area (TPSA) is 86.1 Å². The SMILES string of the molecule is CCn1c(SCC(=O)Nc2sccc2C(=O)OC)nnc1C1CCCCC1. The molecular weight excluding hydrogens is 384 g/mol. The van der Waals surface area contributed by atoms with E-state index in [9.17, 15) is 9.59 Å². The van der Waals surface area contributed by atoms with E-state index >= 15 is 0 Å². The number of rotatable bonds is 7. The number of hydrogen-bond acceptors (Lipinski definition) is 7. The third-order valence-corrected chi connectivity index (χ3v) is 6.48. The highest BCUT2D eigenvalue weighted by atomic mass is 32.2. The average molecular weight is 409 g/mol. The summed E-state index contributed by atoms with van der Waals surface area (Å²) in [7, 11) is 1.32. The van der Waals surface area contributed by atoms with Crippen molar-refractivity contribution in [2.24, 2.45) is 0 Å². The minimum atomic E-state index is -0.456. The molecule has 146 valence electrons. The monoisotopic (exact) mass is 408 g/mol. The van der Waals surface area contributed by atoms with Crippen LogP contribution in [0.25, 0.3) is 0 Å². The molecule has 0 aliphatic heterocycles. The molecule has 0 bridgehead atoms. The van der Waals surface area contributed by atoms with Gasteiger partial charge in [0.15, 0.2) is 5.16 Å². The van der Waals surface area contributed by atoms with E-state index in [1.807, 2.05) is 0 Å². The summed E-state index contributed by atoms with van der Waals surface area (Å²) >= 11 is 2.67. The predicted octanol–water partition coefficient (Wildman–Crippen LogP) is 3.92. The largest absolute Gasteiger partial charge is 0.465 e. The zero-order valence-electron chi connectivity index (χ0n) is 15.6. The van der Waals surface area contributed by atoms with Crippen LogP contribution in [0.4, 0.5) is 5.00 Å². The highest BCUT2D eigenvalue weighted by Crippen LogP contribution is 2.33. The number of hydrogen-bond donors (Lipinski definition) is 1. The Bertz CT molecular complexity index is 796. The van der Waals surface area contributed by atoms with Gasteiger partial charge in [-0.15, -0.1) is 21.5 Å². The van der Waals surface area contributed by atoms with Crippen LogP contribution in [-0.2, 0) is 16.1 Å². The van der Waals surface area contributed by atoms with Gasteiger partial charge in [-0.2, -0.15) is 0 Å². The summed E-state index contributed by atoms with van der Waals surface area (Å²) in [6.07, 6.45) is 6.12. The Morgan fingerprint density at radius 2 is 2.11 bits per heavy atom. The van der Waals surface area contributed by atoms with E-state index in [-0.39, 0.29) is 11.7 Å². The molecule has 9 heteroatoms. The van der Waals surface area contributed by atoms with Crippen molar-refractivity contribution in [1.82, 2.24) is 14.8 Å². The predicted molar refractivity (Wildman–Crippen MR) is 107 cm³/mol. The Morgan fingerprint density at radius 1 is 1.33 bits per heavy atom. The third-order valence-electron chi connectivity index (χ3n) is 4.69. The van der Waals surface area contributed by atoms with E-state index < -0.39 is 5.97 Å². The normalized spacial score (nSPS) is 14.9. The number of nitrogens with zero attached hydrogens (tertiary/aromatic N) is 3. The van der Waals surface area contributed by atoms with Crippen LogP contribution in [0, 0.1) is 0 Å². The maximum absolute atomic E-state index is 12.3. The third kappa shape index (κ3) is 4.70. The van der Waals surface area contributed by atoms with Crippen molar-refractivity contribution in [3.05, 3.63) is 22.8 Å². The van der Waals surface area contributed by atoms with Crippen molar-refractivity contribution in [1.29, 1.82) is 0 Å². The lowest BCUT2D eigenvalue weighted by atomic mass is 9.89. The molecule has 27 heavy (non-hydrogen) atoms. The maximum atomic E-state index is 12.3. The molecule has 2 aromatic heterocycles. The smallest absolute Gasteiger partial charge is 0.340 e. The van der Waals surface area contributed by atoms with Crippen LogP contribution in [0.15, 0.2) is 16.6 Å². The fraction of sp³-hybridized carbons (Fsp3) is 0.556. The molecule has 0 spiro atoms. The second-order valence-electron chi connectivity index (χ2n) is 6.41. The zero-order valence-corrected chi connectivity index (χ0v) is 17.2. The van der Waals surface area contributed by atoms with Gasteiger partial charge in [-0.1, -0.05) is 31.0 Å². The molecule has 1 aliphatic rings. The van der Waals surface area contributed by atoms with E-state index in [0.717, 1.165) is 30.4 Å². The summed E-state index contributed by atoms with van der Waals surface area (Å²) in [6.45, 7) is 2.87. The van der Waals surface area contributed by atoms with Crippen LogP contribution in [0.5, 0.6) is 0 Å². The standard InChI is InChI=1S/C18H24N4O3S2/c1-3-22-15(12-7-5-4-6-8-12)20-21-18(22)27-11-14(23)19-16-13(9-10-26-16)17(24)25-2/h9-10,12H,3-8,11H2,1-2H3,(H,19,23). The molecule has 0 aromatic carbocycles. The molecule has 7 nitrogen and oxygen atoms in total. The Balaban J connectivity index is 1.61. The van der Waals surface area contributed by atoms with Crippen LogP contribution < -0.4 is 5.32 Å². The van der Waals surface area contributed by atoms with Gasteiger partial charge in [0.2, 0.25) is 5.91 Å². The molecule has 1 N–H and O–H groups in total. The summed E-state index contributed by atoms with van der Waals surface area (Å²) in [5.41, 5.74) is 0.372. The number of esters is 1. The number of methoxy groups -OCH3 is 1. The van der Waals surface area contributed by atoms with E-state index in [1.54, 1.807) is 11.4 Å². The summed E-state index contributed by atoms with van der Waals surface area (Å²) in [5.74, 6) is 1.09. The van der Waals surface area contributed by atoms with Crippen LogP contribution in [0.1, 0.15) is 61.1 Å². The summed E-state index contributed by atoms with van der Waals surface area (Å²) in [6, 6.07) is 1.64. The van der Waals surface area contributed by atoms with Crippen LogP contribution in [-0.4, -0.2) is 39.5 Å². The minimum Gasteiger partial charge on any atom is -0.465 e. The lowest BCUT2D eigenvalue weighted by Crippen LogP contribution is -2.16. The molecule has 0 unspecified atom stereocenters. The van der Waals surface area contributed by atoms with Gasteiger partial charge in [-0.25, -0.2) is 4.79 Å². The van der Waals surface area contributed by atoms with Crippen molar-refractivity contribution in [2.45, 2.75) is 56.6 Å². The Hall–Kier alpha value is -1.87. The number of ether oxygens (including phenoxy) is 1. The fourth-order valence-corrected chi connectivity index (χ4v) is 4.94. The first-order valence-electron chi connectivity index (χ1n) is 9.15. The summed E-state index contributed by atoms with van der Waals surface area (Å²) in [4.78, 5) is 24.0. The van der Waals surface area contributed by atoms with E-state index in [1.165, 1.54) is 49.5 Å². The van der Waals surface area contributed by atoms with Crippen molar-refractivity contribution >= 4 is 40.0 Å². The molecular formula is C18H24N4O3S2. The number of nitrogens with one attached hydrogen (secondary N) is 1. The van der Waals surface area contributed by atoms with Crippen LogP contribution >= 0.6 is 23.1 Å². The molecule has 0 saturated heterocycles. The average Bonchev–Trinajstić information content (AvgIpc) is 3.32. The van der Waals surface area contributed by atoms with Crippen molar-refractivity contribution < 1.29 is 14.3 Å². The Labute approximate surface area is 166 Å². The van der Waals surface area contributed by atoms with Gasteiger partial charge in [-0.05, 0) is 31.2 Å². The number of amides is 1. The second-order valence-corrected chi connectivity index (χ2v) is 8.27. The zero-order chi connectivity index (χ0) is 19.2. The number of thioether (sulfide) groups is 1. The molecule has 2 heterocycles. The Morgan fingerprint density at radius 3 is 2.81 bits per heavy atom. The minimum absolute atomic E-state index is 0.183.